The number of primary amides is 1. The second-order valence-electron chi connectivity index (χ2n) is 9.98. The van der Waals surface area contributed by atoms with E-state index in [1.165, 1.54) is 0 Å². The number of benzene rings is 1. The minimum absolute atomic E-state index is 0.141. The summed E-state index contributed by atoms with van der Waals surface area (Å²) in [5.41, 5.74) is 15.2. The van der Waals surface area contributed by atoms with Crippen LogP contribution < -0.4 is 11.5 Å². The van der Waals surface area contributed by atoms with Crippen LogP contribution in [0.3, 0.4) is 0 Å². The molecule has 4 rings (SSSR count). The van der Waals surface area contributed by atoms with Gasteiger partial charge in [-0.05, 0) is 62.9 Å². The first kappa shape index (κ1) is 25.0. The first-order valence-electron chi connectivity index (χ1n) is 12.6. The molecule has 8 nitrogen and oxygen atoms in total. The van der Waals surface area contributed by atoms with Crippen molar-refractivity contribution in [3.8, 4) is 0 Å². The highest BCUT2D eigenvalue weighted by Gasteiger charge is 2.39. The van der Waals surface area contributed by atoms with Crippen LogP contribution in [0, 0.1) is 5.92 Å². The van der Waals surface area contributed by atoms with Crippen molar-refractivity contribution in [2.45, 2.75) is 44.6 Å². The van der Waals surface area contributed by atoms with Gasteiger partial charge in [0.25, 0.3) is 0 Å². The van der Waals surface area contributed by atoms with Crippen molar-refractivity contribution in [3.63, 3.8) is 0 Å². The Hall–Kier alpha value is -3.13. The van der Waals surface area contributed by atoms with Crippen molar-refractivity contribution in [1.82, 2.24) is 14.7 Å². The average molecular weight is 479 g/mol. The third-order valence-electron chi connectivity index (χ3n) is 7.81. The second-order valence-corrected chi connectivity index (χ2v) is 9.98. The van der Waals surface area contributed by atoms with E-state index in [0.29, 0.717) is 37.7 Å². The Morgan fingerprint density at radius 2 is 1.74 bits per heavy atom. The zero-order chi connectivity index (χ0) is 25.1. The van der Waals surface area contributed by atoms with Crippen LogP contribution in [0.1, 0.15) is 54.4 Å². The largest absolute Gasteiger partial charge is 0.402 e. The number of aliphatic imine (C=N–C) groups is 1. The van der Waals surface area contributed by atoms with Gasteiger partial charge in [0.2, 0.25) is 11.8 Å². The Bertz CT molecular complexity index is 1020. The number of rotatable bonds is 6. The van der Waals surface area contributed by atoms with E-state index in [4.69, 9.17) is 11.5 Å². The number of carbonyl (C=O) groups excluding carboxylic acids is 2. The summed E-state index contributed by atoms with van der Waals surface area (Å²) in [6.45, 7) is 9.65. The van der Waals surface area contributed by atoms with Crippen LogP contribution >= 0.6 is 0 Å². The molecule has 35 heavy (non-hydrogen) atoms. The quantitative estimate of drug-likeness (QED) is 0.482. The Morgan fingerprint density at radius 1 is 1.09 bits per heavy atom. The van der Waals surface area contributed by atoms with Gasteiger partial charge in [0.05, 0.1) is 5.92 Å². The third-order valence-corrected chi connectivity index (χ3v) is 7.81. The molecular weight excluding hydrogens is 440 g/mol. The van der Waals surface area contributed by atoms with E-state index in [9.17, 15) is 9.59 Å². The highest BCUT2D eigenvalue weighted by Crippen LogP contribution is 2.34. The Balaban J connectivity index is 1.52. The van der Waals surface area contributed by atoms with Crippen molar-refractivity contribution in [3.05, 3.63) is 59.4 Å². The van der Waals surface area contributed by atoms with Crippen LogP contribution in [0.4, 0.5) is 0 Å². The molecule has 0 bridgehead atoms. The summed E-state index contributed by atoms with van der Waals surface area (Å²) in [4.78, 5) is 36.6. The first-order chi connectivity index (χ1) is 16.8. The number of carbonyl (C=O) groups is 2. The van der Waals surface area contributed by atoms with Gasteiger partial charge in [0.1, 0.15) is 5.84 Å². The number of hydrogen-bond acceptors (Lipinski definition) is 5. The molecule has 0 radical (unpaired) electrons. The zero-order valence-electron chi connectivity index (χ0n) is 20.9. The van der Waals surface area contributed by atoms with Crippen molar-refractivity contribution in [2.24, 2.45) is 22.4 Å². The summed E-state index contributed by atoms with van der Waals surface area (Å²) < 4.78 is 0. The number of amidine groups is 1. The van der Waals surface area contributed by atoms with Gasteiger partial charge in [0.15, 0.2) is 0 Å². The lowest BCUT2D eigenvalue weighted by Gasteiger charge is -2.40. The van der Waals surface area contributed by atoms with Gasteiger partial charge in [-0.25, -0.2) is 4.99 Å². The van der Waals surface area contributed by atoms with E-state index in [2.05, 4.69) is 35.3 Å². The Labute approximate surface area is 208 Å². The molecule has 0 aromatic heterocycles. The molecule has 2 aliphatic heterocycles. The summed E-state index contributed by atoms with van der Waals surface area (Å²) in [6, 6.07) is 7.36. The van der Waals surface area contributed by atoms with Crippen LogP contribution in [0.5, 0.6) is 0 Å². The molecule has 2 fully saturated rings. The van der Waals surface area contributed by atoms with Gasteiger partial charge in [-0.15, -0.1) is 0 Å². The fraction of sp³-hybridized carbons (Fsp3) is 0.519. The van der Waals surface area contributed by atoms with Gasteiger partial charge in [-0.2, -0.15) is 0 Å². The fourth-order valence-corrected chi connectivity index (χ4v) is 5.82. The predicted molar refractivity (Wildman–Crippen MR) is 139 cm³/mol. The van der Waals surface area contributed by atoms with Crippen molar-refractivity contribution in [2.75, 3.05) is 39.8 Å². The van der Waals surface area contributed by atoms with Crippen molar-refractivity contribution >= 4 is 17.6 Å². The molecule has 188 valence electrons. The minimum Gasteiger partial charge on any atom is -0.402 e. The van der Waals surface area contributed by atoms with Crippen LogP contribution in [-0.2, 0) is 4.79 Å². The van der Waals surface area contributed by atoms with E-state index in [1.54, 1.807) is 18.3 Å². The van der Waals surface area contributed by atoms with Crippen molar-refractivity contribution < 1.29 is 9.59 Å². The van der Waals surface area contributed by atoms with Crippen LogP contribution in [0.15, 0.2) is 53.3 Å². The molecule has 2 heterocycles. The monoisotopic (exact) mass is 478 g/mol. The lowest BCUT2D eigenvalue weighted by molar-refractivity contribution is -0.135. The number of amides is 2. The van der Waals surface area contributed by atoms with E-state index in [1.807, 2.05) is 17.0 Å². The summed E-state index contributed by atoms with van der Waals surface area (Å²) in [7, 11) is 2.09. The number of piperazine rings is 1. The topological polar surface area (TPSA) is 108 Å². The van der Waals surface area contributed by atoms with Crippen LogP contribution in [-0.4, -0.2) is 78.2 Å². The highest BCUT2D eigenvalue weighted by molar-refractivity contribution is 6.00. The van der Waals surface area contributed by atoms with Gasteiger partial charge in [-0.3, -0.25) is 9.59 Å². The van der Waals surface area contributed by atoms with Crippen molar-refractivity contribution in [1.29, 1.82) is 0 Å². The maximum atomic E-state index is 13.9. The first-order valence-corrected chi connectivity index (χ1v) is 12.6. The normalized spacial score (nSPS) is 24.7. The number of hydrogen-bond donors (Lipinski definition) is 2. The van der Waals surface area contributed by atoms with Crippen LogP contribution in [0.25, 0.3) is 0 Å². The molecule has 4 N–H and O–H groups in total. The molecule has 0 unspecified atom stereocenters. The molecule has 3 atom stereocenters. The number of nitrogens with two attached hydrogens (primary N) is 2. The SMILES string of the molecule is C=C/N=C(\C1=C(N)CC[C@H]1C)N1CCN(C(=O)[C@@H](c2ccc(C(N)=O)cc2)[C@@H]2CCCN2C)CC1. The third kappa shape index (κ3) is 5.12. The van der Waals surface area contributed by atoms with Gasteiger partial charge >= 0.3 is 0 Å². The molecule has 0 spiro atoms. The summed E-state index contributed by atoms with van der Waals surface area (Å²) >= 11 is 0. The molecule has 2 saturated heterocycles. The molecule has 0 saturated carbocycles. The smallest absolute Gasteiger partial charge is 0.248 e. The number of allylic oxidation sites excluding steroid dienone is 1. The molecule has 3 aliphatic rings. The lowest BCUT2D eigenvalue weighted by atomic mass is 9.87. The minimum atomic E-state index is -0.460. The average Bonchev–Trinajstić information content (AvgIpc) is 3.42. The molecular formula is C27H38N6O2. The van der Waals surface area contributed by atoms with E-state index in [-0.39, 0.29) is 17.9 Å². The molecule has 1 aromatic carbocycles. The zero-order valence-corrected chi connectivity index (χ0v) is 20.9. The van der Waals surface area contributed by atoms with E-state index >= 15 is 0 Å². The lowest BCUT2D eigenvalue weighted by Crippen LogP contribution is -2.53. The summed E-state index contributed by atoms with van der Waals surface area (Å²) in [5, 5.41) is 0. The predicted octanol–water partition coefficient (Wildman–Crippen LogP) is 2.29. The number of likely N-dealkylation sites (tertiary alicyclic amines) is 1. The molecule has 2 amide bonds. The maximum Gasteiger partial charge on any atom is 0.248 e. The van der Waals surface area contributed by atoms with E-state index < -0.39 is 5.91 Å². The standard InChI is InChI=1S/C27H38N6O2/c1-4-30-26(23-18(2)7-12-21(23)28)32-14-16-33(17-15-32)27(35)24(22-6-5-13-31(22)3)19-8-10-20(11-9-19)25(29)34/h4,8-11,18,22,24H,1,5-7,12-17,28H2,2-3H3,(H2,29,34)/b30-26+/t18-,22+,24+/m1/s1. The molecule has 1 aliphatic carbocycles. The summed E-state index contributed by atoms with van der Waals surface area (Å²) in [6.07, 6.45) is 5.58. The molecule has 8 heteroatoms. The number of likely N-dealkylation sites (N-methyl/N-ethyl adjacent to an activating group) is 1. The van der Waals surface area contributed by atoms with Gasteiger partial charge < -0.3 is 26.2 Å². The number of nitrogens with zero attached hydrogens (tertiary/aromatic N) is 4. The highest BCUT2D eigenvalue weighted by atomic mass is 16.2. The maximum absolute atomic E-state index is 13.9. The van der Waals surface area contributed by atoms with Gasteiger partial charge in [0, 0.05) is 55.3 Å². The van der Waals surface area contributed by atoms with E-state index in [0.717, 1.165) is 54.9 Å². The van der Waals surface area contributed by atoms with Gasteiger partial charge in [-0.1, -0.05) is 25.6 Å². The fourth-order valence-electron chi connectivity index (χ4n) is 5.82. The Morgan fingerprint density at radius 3 is 2.26 bits per heavy atom. The Kier molecular flexibility index (Phi) is 7.60. The summed E-state index contributed by atoms with van der Waals surface area (Å²) in [5.74, 6) is 0.691. The second kappa shape index (κ2) is 10.6. The van der Waals surface area contributed by atoms with Crippen LogP contribution in [0.2, 0.25) is 0 Å². The molecule has 1 aromatic rings.